The minimum absolute atomic E-state index is 0.146. The van der Waals surface area contributed by atoms with Gasteiger partial charge in [-0.1, -0.05) is 42.4 Å². The van der Waals surface area contributed by atoms with Crippen molar-refractivity contribution in [3.8, 4) is 16.9 Å². The van der Waals surface area contributed by atoms with Gasteiger partial charge in [-0.25, -0.2) is 0 Å². The molecular weight excluding hydrogens is 290 g/mol. The van der Waals surface area contributed by atoms with E-state index in [1.165, 1.54) is 0 Å². The Morgan fingerprint density at radius 1 is 1.22 bits per heavy atom. The maximum absolute atomic E-state index is 9.34. The highest BCUT2D eigenvalue weighted by Crippen LogP contribution is 2.29. The van der Waals surface area contributed by atoms with Crippen molar-refractivity contribution >= 4 is 0 Å². The van der Waals surface area contributed by atoms with E-state index in [0.29, 0.717) is 17.4 Å². The highest BCUT2D eigenvalue weighted by atomic mass is 16.5. The standard InChI is InChI=1S/C19H19NO3/c1-13-4-3-5-16(9-6-13)22-17-10-7-15(8-11-17)19-14(2)23-20-18(19)12-21/h3-11,13,21H,12H2,1-2H3. The fourth-order valence-electron chi connectivity index (χ4n) is 2.48. The summed E-state index contributed by atoms with van der Waals surface area (Å²) in [7, 11) is 0. The molecule has 1 aromatic heterocycles. The summed E-state index contributed by atoms with van der Waals surface area (Å²) in [6, 6.07) is 7.67. The second-order valence-corrected chi connectivity index (χ2v) is 5.52. The van der Waals surface area contributed by atoms with Crippen LogP contribution < -0.4 is 4.74 Å². The molecule has 118 valence electrons. The molecule has 1 aliphatic rings. The third kappa shape index (κ3) is 3.43. The number of rotatable bonds is 4. The molecule has 4 heteroatoms. The summed E-state index contributed by atoms with van der Waals surface area (Å²) >= 11 is 0. The van der Waals surface area contributed by atoms with Crippen molar-refractivity contribution in [1.82, 2.24) is 5.16 Å². The fourth-order valence-corrected chi connectivity index (χ4v) is 2.48. The van der Waals surface area contributed by atoms with Crippen molar-refractivity contribution in [2.45, 2.75) is 20.5 Å². The zero-order valence-corrected chi connectivity index (χ0v) is 13.2. The Hall–Kier alpha value is -2.59. The van der Waals surface area contributed by atoms with Gasteiger partial charge in [-0.05, 0) is 42.7 Å². The van der Waals surface area contributed by atoms with E-state index in [1.54, 1.807) is 0 Å². The van der Waals surface area contributed by atoms with Crippen molar-refractivity contribution in [2.75, 3.05) is 0 Å². The van der Waals surface area contributed by atoms with Gasteiger partial charge in [-0.2, -0.15) is 0 Å². The van der Waals surface area contributed by atoms with Crippen LogP contribution in [0.1, 0.15) is 18.4 Å². The summed E-state index contributed by atoms with van der Waals surface area (Å²) in [5.41, 5.74) is 2.33. The average molecular weight is 309 g/mol. The molecule has 0 saturated carbocycles. The zero-order valence-electron chi connectivity index (χ0n) is 13.2. The molecule has 1 aliphatic carbocycles. The third-order valence-electron chi connectivity index (χ3n) is 3.70. The van der Waals surface area contributed by atoms with Crippen LogP contribution in [0.2, 0.25) is 0 Å². The van der Waals surface area contributed by atoms with Gasteiger partial charge in [0, 0.05) is 5.56 Å². The molecule has 3 rings (SSSR count). The predicted molar refractivity (Wildman–Crippen MR) is 88.8 cm³/mol. The molecule has 1 unspecified atom stereocenters. The number of benzene rings is 1. The first-order valence-electron chi connectivity index (χ1n) is 7.58. The normalized spacial score (nSPS) is 17.0. The van der Waals surface area contributed by atoms with E-state index in [2.05, 4.69) is 24.2 Å². The molecule has 1 N–H and O–H groups in total. The van der Waals surface area contributed by atoms with Gasteiger partial charge in [-0.15, -0.1) is 0 Å². The zero-order chi connectivity index (χ0) is 16.2. The number of hydrogen-bond acceptors (Lipinski definition) is 4. The first kappa shape index (κ1) is 15.3. The molecular formula is C19H19NO3. The van der Waals surface area contributed by atoms with Crippen molar-refractivity contribution < 1.29 is 14.4 Å². The van der Waals surface area contributed by atoms with Gasteiger partial charge in [-0.3, -0.25) is 0 Å². The monoisotopic (exact) mass is 309 g/mol. The highest BCUT2D eigenvalue weighted by Gasteiger charge is 2.14. The van der Waals surface area contributed by atoms with Gasteiger partial charge in [0.15, 0.2) is 0 Å². The Kier molecular flexibility index (Phi) is 4.44. The molecule has 0 saturated heterocycles. The quantitative estimate of drug-likeness (QED) is 0.921. The van der Waals surface area contributed by atoms with Crippen LogP contribution in [0.25, 0.3) is 11.1 Å². The Morgan fingerprint density at radius 3 is 2.74 bits per heavy atom. The molecule has 0 spiro atoms. The molecule has 4 nitrogen and oxygen atoms in total. The van der Waals surface area contributed by atoms with Gasteiger partial charge < -0.3 is 14.4 Å². The van der Waals surface area contributed by atoms with Gasteiger partial charge in [0.05, 0.1) is 6.61 Å². The van der Waals surface area contributed by atoms with Crippen molar-refractivity contribution in [2.24, 2.45) is 5.92 Å². The van der Waals surface area contributed by atoms with Gasteiger partial charge >= 0.3 is 0 Å². The van der Waals surface area contributed by atoms with Crippen LogP contribution in [0, 0.1) is 12.8 Å². The SMILES string of the molecule is Cc1onc(CO)c1-c1ccc(OC2=CC=CC(C)C=C2)cc1. The Bertz CT molecular complexity index is 766. The third-order valence-corrected chi connectivity index (χ3v) is 3.70. The van der Waals surface area contributed by atoms with Crippen LogP contribution in [0.5, 0.6) is 5.75 Å². The lowest BCUT2D eigenvalue weighted by atomic mass is 10.0. The highest BCUT2D eigenvalue weighted by molar-refractivity contribution is 5.68. The van der Waals surface area contributed by atoms with Crippen LogP contribution in [0.15, 0.2) is 64.9 Å². The largest absolute Gasteiger partial charge is 0.457 e. The molecule has 0 aliphatic heterocycles. The number of nitrogens with zero attached hydrogens (tertiary/aromatic N) is 1. The number of aliphatic hydroxyl groups is 1. The lowest BCUT2D eigenvalue weighted by molar-refractivity contribution is 0.266. The van der Waals surface area contributed by atoms with Crippen LogP contribution in [0.3, 0.4) is 0 Å². The molecule has 0 radical (unpaired) electrons. The molecule has 0 fully saturated rings. The van der Waals surface area contributed by atoms with E-state index in [4.69, 9.17) is 9.26 Å². The maximum atomic E-state index is 9.34. The lowest BCUT2D eigenvalue weighted by Crippen LogP contribution is -1.92. The summed E-state index contributed by atoms with van der Waals surface area (Å²) in [5, 5.41) is 13.2. The summed E-state index contributed by atoms with van der Waals surface area (Å²) in [4.78, 5) is 0. The first-order chi connectivity index (χ1) is 11.2. The number of aryl methyl sites for hydroxylation is 1. The van der Waals surface area contributed by atoms with Crippen molar-refractivity contribution in [3.05, 3.63) is 71.9 Å². The summed E-state index contributed by atoms with van der Waals surface area (Å²) in [6.45, 7) is 3.81. The number of ether oxygens (including phenoxy) is 1. The Labute approximate surface area is 135 Å². The van der Waals surface area contributed by atoms with E-state index in [1.807, 2.05) is 49.4 Å². The average Bonchev–Trinajstić information content (AvgIpc) is 2.81. The number of hydrogen-bond donors (Lipinski definition) is 1. The van der Waals surface area contributed by atoms with Crippen LogP contribution >= 0.6 is 0 Å². The molecule has 1 heterocycles. The summed E-state index contributed by atoms with van der Waals surface area (Å²) < 4.78 is 11.0. The van der Waals surface area contributed by atoms with Gasteiger partial charge in [0.25, 0.3) is 0 Å². The lowest BCUT2D eigenvalue weighted by Gasteiger charge is -2.07. The van der Waals surface area contributed by atoms with Gasteiger partial charge in [0.2, 0.25) is 0 Å². The fraction of sp³-hybridized carbons (Fsp3) is 0.211. The smallest absolute Gasteiger partial charge is 0.141 e. The molecule has 0 amide bonds. The summed E-state index contributed by atoms with van der Waals surface area (Å²) in [6.07, 6.45) is 10.1. The summed E-state index contributed by atoms with van der Waals surface area (Å²) in [5.74, 6) is 2.65. The van der Waals surface area contributed by atoms with Crippen molar-refractivity contribution in [1.29, 1.82) is 0 Å². The second-order valence-electron chi connectivity index (χ2n) is 5.52. The second kappa shape index (κ2) is 6.67. The molecule has 23 heavy (non-hydrogen) atoms. The van der Waals surface area contributed by atoms with Crippen LogP contribution in [0.4, 0.5) is 0 Å². The molecule has 1 atom stereocenters. The van der Waals surface area contributed by atoms with E-state index in [-0.39, 0.29) is 6.61 Å². The van der Waals surface area contributed by atoms with E-state index < -0.39 is 0 Å². The van der Waals surface area contributed by atoms with Crippen LogP contribution in [-0.2, 0) is 6.61 Å². The van der Waals surface area contributed by atoms with Crippen LogP contribution in [-0.4, -0.2) is 10.3 Å². The minimum Gasteiger partial charge on any atom is -0.457 e. The molecule has 0 bridgehead atoms. The molecule has 2 aromatic rings. The van der Waals surface area contributed by atoms with E-state index >= 15 is 0 Å². The number of aliphatic hydroxyl groups excluding tert-OH is 1. The van der Waals surface area contributed by atoms with E-state index in [0.717, 1.165) is 22.6 Å². The molecule has 1 aromatic carbocycles. The van der Waals surface area contributed by atoms with E-state index in [9.17, 15) is 5.11 Å². The Morgan fingerprint density at radius 2 is 2.00 bits per heavy atom. The number of allylic oxidation sites excluding steroid dienone is 5. The first-order valence-corrected chi connectivity index (χ1v) is 7.58. The topological polar surface area (TPSA) is 55.5 Å². The Balaban J connectivity index is 1.80. The minimum atomic E-state index is -0.146. The predicted octanol–water partition coefficient (Wildman–Crippen LogP) is 4.17. The number of aromatic nitrogens is 1. The van der Waals surface area contributed by atoms with Crippen molar-refractivity contribution in [3.63, 3.8) is 0 Å². The maximum Gasteiger partial charge on any atom is 0.141 e. The van der Waals surface area contributed by atoms with Gasteiger partial charge in [0.1, 0.15) is 23.0 Å².